The van der Waals surface area contributed by atoms with Crippen LogP contribution in [0.3, 0.4) is 0 Å². The Morgan fingerprint density at radius 2 is 1.93 bits per heavy atom. The third-order valence-corrected chi connectivity index (χ3v) is 4.95. The van der Waals surface area contributed by atoms with Crippen LogP contribution in [0.25, 0.3) is 10.8 Å². The minimum atomic E-state index is -0.730. The number of carbonyl (C=O) groups is 2. The Morgan fingerprint density at radius 3 is 2.68 bits per heavy atom. The number of methoxy groups -OCH3 is 1. The molecule has 28 heavy (non-hydrogen) atoms. The van der Waals surface area contributed by atoms with Gasteiger partial charge < -0.3 is 19.2 Å². The third-order valence-electron chi connectivity index (χ3n) is 4.95. The molecule has 0 saturated carbocycles. The molecule has 0 unspecified atom stereocenters. The number of carbonyl (C=O) groups excluding carboxylic acids is 2. The number of hydrogen-bond acceptors (Lipinski definition) is 5. The molecule has 1 aliphatic rings. The lowest BCUT2D eigenvalue weighted by atomic mass is 9.91. The number of Topliss-reactive ketones (excluding diaryl/α,β-unsaturated/α-hetero) is 1. The van der Waals surface area contributed by atoms with Gasteiger partial charge in [0.05, 0.1) is 24.5 Å². The second-order valence-electron chi connectivity index (χ2n) is 6.53. The van der Waals surface area contributed by atoms with Crippen molar-refractivity contribution in [3.05, 3.63) is 83.5 Å². The van der Waals surface area contributed by atoms with E-state index < -0.39 is 23.5 Å². The fourth-order valence-electron chi connectivity index (χ4n) is 3.66. The molecule has 142 valence electrons. The Bertz CT molecular complexity index is 1060. The summed E-state index contributed by atoms with van der Waals surface area (Å²) in [5.74, 6) is -1.57. The molecule has 6 heteroatoms. The number of amides is 1. The number of aliphatic hydroxyl groups is 1. The van der Waals surface area contributed by atoms with Crippen molar-refractivity contribution in [2.45, 2.75) is 6.04 Å². The number of ether oxygens (including phenoxy) is 1. The highest BCUT2D eigenvalue weighted by Crippen LogP contribution is 2.41. The maximum Gasteiger partial charge on any atom is 0.290 e. The van der Waals surface area contributed by atoms with Crippen LogP contribution in [0.4, 0.5) is 0 Å². The van der Waals surface area contributed by atoms with E-state index in [0.29, 0.717) is 0 Å². The topological polar surface area (TPSA) is 80.0 Å². The first kappa shape index (κ1) is 18.0. The van der Waals surface area contributed by atoms with Gasteiger partial charge in [-0.05, 0) is 28.5 Å². The lowest BCUT2D eigenvalue weighted by molar-refractivity contribution is -0.130. The van der Waals surface area contributed by atoms with Crippen LogP contribution in [-0.4, -0.2) is 42.0 Å². The predicted molar refractivity (Wildman–Crippen MR) is 103 cm³/mol. The van der Waals surface area contributed by atoms with Gasteiger partial charge in [0.15, 0.2) is 11.5 Å². The number of rotatable bonds is 6. The van der Waals surface area contributed by atoms with Crippen LogP contribution in [0, 0.1) is 0 Å². The smallest absolute Gasteiger partial charge is 0.290 e. The molecule has 2 heterocycles. The summed E-state index contributed by atoms with van der Waals surface area (Å²) < 4.78 is 10.4. The van der Waals surface area contributed by atoms with E-state index in [-0.39, 0.29) is 24.5 Å². The van der Waals surface area contributed by atoms with Crippen molar-refractivity contribution in [3.8, 4) is 0 Å². The first-order valence-electron chi connectivity index (χ1n) is 8.92. The summed E-state index contributed by atoms with van der Waals surface area (Å²) in [6.45, 7) is 0.519. The average Bonchev–Trinajstić information content (AvgIpc) is 3.34. The molecule has 0 fully saturated rings. The fraction of sp³-hybridized carbons (Fsp3) is 0.182. The Labute approximate surface area is 161 Å². The molecule has 1 N–H and O–H groups in total. The van der Waals surface area contributed by atoms with Gasteiger partial charge in [-0.2, -0.15) is 0 Å². The monoisotopic (exact) mass is 377 g/mol. The Balaban J connectivity index is 1.90. The maximum atomic E-state index is 13.1. The van der Waals surface area contributed by atoms with Crippen LogP contribution >= 0.6 is 0 Å². The predicted octanol–water partition coefficient (Wildman–Crippen LogP) is 3.66. The number of nitrogens with zero attached hydrogens (tertiary/aromatic N) is 1. The highest BCUT2D eigenvalue weighted by Gasteiger charge is 2.44. The zero-order valence-electron chi connectivity index (χ0n) is 15.3. The quantitative estimate of drug-likeness (QED) is 0.663. The van der Waals surface area contributed by atoms with Gasteiger partial charge in [-0.3, -0.25) is 9.59 Å². The standard InChI is InChI=1S/C22H19NO5/c1-27-13-11-23-19(16-9-4-7-14-6-2-3-8-15(14)16)18(21(25)22(23)26)20(24)17-10-5-12-28-17/h2-10,12,19,25H,11,13H2,1H3/t19-/m1/s1. The van der Waals surface area contributed by atoms with Crippen LogP contribution in [0.15, 0.2) is 76.6 Å². The number of aliphatic hydroxyl groups excluding tert-OH is 1. The highest BCUT2D eigenvalue weighted by molar-refractivity contribution is 6.15. The molecule has 1 aliphatic heterocycles. The molecule has 0 bridgehead atoms. The molecule has 1 atom stereocenters. The van der Waals surface area contributed by atoms with E-state index in [1.807, 2.05) is 42.5 Å². The molecule has 6 nitrogen and oxygen atoms in total. The molecule has 0 aliphatic carbocycles. The molecule has 0 spiro atoms. The first-order valence-corrected chi connectivity index (χ1v) is 8.92. The summed E-state index contributed by atoms with van der Waals surface area (Å²) in [6, 6.07) is 15.8. The number of hydrogen-bond donors (Lipinski definition) is 1. The van der Waals surface area contributed by atoms with Crippen molar-refractivity contribution < 1.29 is 23.8 Å². The Morgan fingerprint density at radius 1 is 1.14 bits per heavy atom. The summed E-state index contributed by atoms with van der Waals surface area (Å²) in [5, 5.41) is 12.5. The van der Waals surface area contributed by atoms with Gasteiger partial charge >= 0.3 is 0 Å². The minimum absolute atomic E-state index is 0.0207. The van der Waals surface area contributed by atoms with E-state index >= 15 is 0 Å². The molecule has 0 radical (unpaired) electrons. The van der Waals surface area contributed by atoms with Crippen LogP contribution < -0.4 is 0 Å². The SMILES string of the molecule is COCCN1C(=O)C(O)=C(C(=O)c2ccco2)[C@H]1c1cccc2ccccc12. The highest BCUT2D eigenvalue weighted by atomic mass is 16.5. The molecule has 1 aromatic heterocycles. The average molecular weight is 377 g/mol. The lowest BCUT2D eigenvalue weighted by Crippen LogP contribution is -2.34. The van der Waals surface area contributed by atoms with Crippen molar-refractivity contribution in [2.75, 3.05) is 20.3 Å². The molecule has 0 saturated heterocycles. The Hall–Kier alpha value is -3.38. The summed E-state index contributed by atoms with van der Waals surface area (Å²) in [4.78, 5) is 27.3. The van der Waals surface area contributed by atoms with E-state index in [0.717, 1.165) is 16.3 Å². The molecule has 3 aromatic rings. The lowest BCUT2D eigenvalue weighted by Gasteiger charge is -2.27. The second-order valence-corrected chi connectivity index (χ2v) is 6.53. The Kier molecular flexibility index (Phi) is 4.71. The third kappa shape index (κ3) is 2.88. The normalized spacial score (nSPS) is 17.0. The minimum Gasteiger partial charge on any atom is -0.503 e. The number of benzene rings is 2. The van der Waals surface area contributed by atoms with Gasteiger partial charge in [-0.1, -0.05) is 42.5 Å². The maximum absolute atomic E-state index is 13.1. The van der Waals surface area contributed by atoms with Crippen LogP contribution in [0.2, 0.25) is 0 Å². The zero-order valence-corrected chi connectivity index (χ0v) is 15.3. The fourth-order valence-corrected chi connectivity index (χ4v) is 3.66. The van der Waals surface area contributed by atoms with Crippen molar-refractivity contribution in [1.29, 1.82) is 0 Å². The van der Waals surface area contributed by atoms with Crippen LogP contribution in [0.5, 0.6) is 0 Å². The summed E-state index contributed by atoms with van der Waals surface area (Å²) in [5.41, 5.74) is 0.786. The van der Waals surface area contributed by atoms with Gasteiger partial charge in [-0.15, -0.1) is 0 Å². The van der Waals surface area contributed by atoms with Crippen molar-refractivity contribution in [3.63, 3.8) is 0 Å². The molecular weight excluding hydrogens is 358 g/mol. The van der Waals surface area contributed by atoms with E-state index in [2.05, 4.69) is 0 Å². The van der Waals surface area contributed by atoms with Crippen molar-refractivity contribution in [2.24, 2.45) is 0 Å². The molecule has 2 aromatic carbocycles. The largest absolute Gasteiger partial charge is 0.503 e. The second kappa shape index (κ2) is 7.32. The van der Waals surface area contributed by atoms with Crippen molar-refractivity contribution in [1.82, 2.24) is 4.90 Å². The van der Waals surface area contributed by atoms with E-state index in [1.54, 1.807) is 6.07 Å². The summed E-state index contributed by atoms with van der Waals surface area (Å²) >= 11 is 0. The first-order chi connectivity index (χ1) is 13.6. The van der Waals surface area contributed by atoms with Gasteiger partial charge in [-0.25, -0.2) is 0 Å². The molecular formula is C22H19NO5. The van der Waals surface area contributed by atoms with Gasteiger partial charge in [0.1, 0.15) is 0 Å². The van der Waals surface area contributed by atoms with E-state index in [9.17, 15) is 14.7 Å². The van der Waals surface area contributed by atoms with E-state index in [1.165, 1.54) is 24.3 Å². The number of ketones is 1. The number of fused-ring (bicyclic) bond motifs is 1. The molecule has 1 amide bonds. The zero-order chi connectivity index (χ0) is 19.7. The van der Waals surface area contributed by atoms with Crippen LogP contribution in [-0.2, 0) is 9.53 Å². The van der Waals surface area contributed by atoms with Gasteiger partial charge in [0.2, 0.25) is 5.78 Å². The van der Waals surface area contributed by atoms with Gasteiger partial charge in [0, 0.05) is 13.7 Å². The summed E-state index contributed by atoms with van der Waals surface area (Å²) in [6.07, 6.45) is 1.39. The van der Waals surface area contributed by atoms with Gasteiger partial charge in [0.25, 0.3) is 5.91 Å². The molecule has 4 rings (SSSR count). The van der Waals surface area contributed by atoms with Crippen LogP contribution in [0.1, 0.15) is 22.2 Å². The summed E-state index contributed by atoms with van der Waals surface area (Å²) in [7, 11) is 1.54. The number of furan rings is 1. The van der Waals surface area contributed by atoms with E-state index in [4.69, 9.17) is 9.15 Å². The van der Waals surface area contributed by atoms with Crippen molar-refractivity contribution >= 4 is 22.5 Å².